The lowest BCUT2D eigenvalue weighted by atomic mass is 9.86. The van der Waals surface area contributed by atoms with E-state index in [4.69, 9.17) is 9.47 Å². The molecule has 0 amide bonds. The third-order valence-corrected chi connectivity index (χ3v) is 6.43. The van der Waals surface area contributed by atoms with Gasteiger partial charge in [-0.3, -0.25) is 4.98 Å². The molecule has 1 unspecified atom stereocenters. The van der Waals surface area contributed by atoms with Gasteiger partial charge in [-0.25, -0.2) is 0 Å². The molecule has 4 heteroatoms. The Balaban J connectivity index is 1.20. The van der Waals surface area contributed by atoms with Crippen molar-refractivity contribution in [2.45, 2.75) is 69.5 Å². The summed E-state index contributed by atoms with van der Waals surface area (Å²) >= 11 is 0. The minimum absolute atomic E-state index is 0.134. The molecule has 3 fully saturated rings. The van der Waals surface area contributed by atoms with Gasteiger partial charge in [0.1, 0.15) is 12.4 Å². The molecule has 1 saturated carbocycles. The van der Waals surface area contributed by atoms with Crippen LogP contribution in [-0.4, -0.2) is 47.8 Å². The number of piperidine rings is 1. The van der Waals surface area contributed by atoms with Crippen LogP contribution in [0.5, 0.6) is 5.75 Å². The van der Waals surface area contributed by atoms with Crippen LogP contribution < -0.4 is 4.74 Å². The second-order valence-electron chi connectivity index (χ2n) is 8.26. The molecule has 1 aromatic rings. The monoisotopic (exact) mass is 344 g/mol. The molecule has 1 aromatic heterocycles. The Kier molecular flexibility index (Phi) is 5.57. The molecule has 0 bridgehead atoms. The molecule has 1 spiro atoms. The highest BCUT2D eigenvalue weighted by Gasteiger charge is 2.42. The molecule has 3 aliphatic rings. The van der Waals surface area contributed by atoms with Gasteiger partial charge in [-0.05, 0) is 56.6 Å². The predicted octanol–water partition coefficient (Wildman–Crippen LogP) is 4.05. The van der Waals surface area contributed by atoms with Gasteiger partial charge in [-0.2, -0.15) is 0 Å². The van der Waals surface area contributed by atoms with Crippen LogP contribution in [0.1, 0.15) is 57.8 Å². The molecule has 3 heterocycles. The Morgan fingerprint density at radius 1 is 1.04 bits per heavy atom. The van der Waals surface area contributed by atoms with E-state index < -0.39 is 0 Å². The van der Waals surface area contributed by atoms with Crippen LogP contribution in [0.25, 0.3) is 0 Å². The maximum Gasteiger partial charge on any atom is 0.122 e. The summed E-state index contributed by atoms with van der Waals surface area (Å²) in [6.45, 7) is 4.42. The summed E-state index contributed by atoms with van der Waals surface area (Å²) in [6.07, 6.45) is 15.8. The minimum Gasteiger partial charge on any atom is -0.491 e. The molecule has 0 N–H and O–H groups in total. The van der Waals surface area contributed by atoms with Crippen molar-refractivity contribution < 1.29 is 9.47 Å². The van der Waals surface area contributed by atoms with E-state index in [0.717, 1.165) is 18.1 Å². The molecular weight excluding hydrogens is 312 g/mol. The van der Waals surface area contributed by atoms with Crippen molar-refractivity contribution in [1.29, 1.82) is 0 Å². The summed E-state index contributed by atoms with van der Waals surface area (Å²) in [5, 5.41) is 0. The SMILES string of the molecule is c1cc(OCC2CCC3(CCN(CC4CCCCC4)CC3)O2)ccn1. The average molecular weight is 344 g/mol. The fourth-order valence-corrected chi connectivity index (χ4v) is 4.88. The Hall–Kier alpha value is -1.13. The smallest absolute Gasteiger partial charge is 0.122 e. The quantitative estimate of drug-likeness (QED) is 0.807. The maximum atomic E-state index is 6.48. The molecule has 2 aliphatic heterocycles. The molecule has 138 valence electrons. The first-order valence-corrected chi connectivity index (χ1v) is 10.2. The van der Waals surface area contributed by atoms with Gasteiger partial charge in [-0.1, -0.05) is 19.3 Å². The molecule has 1 aliphatic carbocycles. The molecule has 25 heavy (non-hydrogen) atoms. The first kappa shape index (κ1) is 17.3. The predicted molar refractivity (Wildman–Crippen MR) is 98.8 cm³/mol. The molecule has 0 aromatic carbocycles. The lowest BCUT2D eigenvalue weighted by Gasteiger charge is -2.40. The van der Waals surface area contributed by atoms with Crippen molar-refractivity contribution in [3.8, 4) is 5.75 Å². The zero-order valence-electron chi connectivity index (χ0n) is 15.4. The standard InChI is InChI=1S/C21H32N2O2/c1-2-4-18(5-3-1)16-23-14-10-21(11-15-23)9-6-20(25-21)17-24-19-7-12-22-13-8-19/h7-8,12-13,18,20H,1-6,9-11,14-17H2. The van der Waals surface area contributed by atoms with Gasteiger partial charge >= 0.3 is 0 Å². The first-order chi connectivity index (χ1) is 12.3. The van der Waals surface area contributed by atoms with Crippen molar-refractivity contribution in [3.63, 3.8) is 0 Å². The van der Waals surface area contributed by atoms with Crippen LogP contribution in [0.15, 0.2) is 24.5 Å². The zero-order chi connectivity index (χ0) is 17.0. The van der Waals surface area contributed by atoms with Gasteiger partial charge in [0, 0.05) is 32.0 Å². The normalized spacial score (nSPS) is 27.6. The van der Waals surface area contributed by atoms with Crippen molar-refractivity contribution in [2.24, 2.45) is 5.92 Å². The summed E-state index contributed by atoms with van der Waals surface area (Å²) in [5.41, 5.74) is 0.134. The number of hydrogen-bond acceptors (Lipinski definition) is 4. The zero-order valence-corrected chi connectivity index (χ0v) is 15.4. The number of hydrogen-bond donors (Lipinski definition) is 0. The highest BCUT2D eigenvalue weighted by Crippen LogP contribution is 2.39. The van der Waals surface area contributed by atoms with E-state index in [1.807, 2.05) is 12.1 Å². The molecular formula is C21H32N2O2. The fraction of sp³-hybridized carbons (Fsp3) is 0.762. The summed E-state index contributed by atoms with van der Waals surface area (Å²) in [6, 6.07) is 3.82. The maximum absolute atomic E-state index is 6.48. The van der Waals surface area contributed by atoms with Crippen LogP contribution in [0.3, 0.4) is 0 Å². The van der Waals surface area contributed by atoms with Gasteiger partial charge in [0.05, 0.1) is 11.7 Å². The highest BCUT2D eigenvalue weighted by atomic mass is 16.6. The molecule has 2 saturated heterocycles. The minimum atomic E-state index is 0.134. The van der Waals surface area contributed by atoms with Crippen molar-refractivity contribution in [3.05, 3.63) is 24.5 Å². The second kappa shape index (κ2) is 8.05. The topological polar surface area (TPSA) is 34.6 Å². The Morgan fingerprint density at radius 3 is 2.56 bits per heavy atom. The van der Waals surface area contributed by atoms with Crippen LogP contribution in [0, 0.1) is 5.92 Å². The van der Waals surface area contributed by atoms with Gasteiger partial charge in [-0.15, -0.1) is 0 Å². The van der Waals surface area contributed by atoms with Crippen molar-refractivity contribution in [2.75, 3.05) is 26.2 Å². The number of nitrogens with zero attached hydrogens (tertiary/aromatic N) is 2. The van der Waals surface area contributed by atoms with E-state index in [0.29, 0.717) is 6.61 Å². The molecule has 4 rings (SSSR count). The molecule has 4 nitrogen and oxygen atoms in total. The van der Waals surface area contributed by atoms with E-state index in [9.17, 15) is 0 Å². The number of aromatic nitrogens is 1. The summed E-state index contributed by atoms with van der Waals surface area (Å²) < 4.78 is 12.4. The number of likely N-dealkylation sites (tertiary alicyclic amines) is 1. The van der Waals surface area contributed by atoms with Gasteiger partial charge < -0.3 is 14.4 Å². The second-order valence-corrected chi connectivity index (χ2v) is 8.26. The Labute approximate surface area is 151 Å². The van der Waals surface area contributed by atoms with E-state index in [1.165, 1.54) is 71.0 Å². The fourth-order valence-electron chi connectivity index (χ4n) is 4.88. The summed E-state index contributed by atoms with van der Waals surface area (Å²) in [5.74, 6) is 1.84. The van der Waals surface area contributed by atoms with Crippen LogP contribution in [0.2, 0.25) is 0 Å². The van der Waals surface area contributed by atoms with E-state index >= 15 is 0 Å². The highest BCUT2D eigenvalue weighted by molar-refractivity contribution is 5.16. The Bertz CT molecular complexity index is 522. The third kappa shape index (κ3) is 4.53. The van der Waals surface area contributed by atoms with E-state index in [2.05, 4.69) is 9.88 Å². The van der Waals surface area contributed by atoms with Gasteiger partial charge in [0.25, 0.3) is 0 Å². The number of rotatable bonds is 5. The van der Waals surface area contributed by atoms with Crippen LogP contribution in [-0.2, 0) is 4.74 Å². The van der Waals surface area contributed by atoms with E-state index in [1.54, 1.807) is 12.4 Å². The van der Waals surface area contributed by atoms with Crippen molar-refractivity contribution >= 4 is 0 Å². The summed E-state index contributed by atoms with van der Waals surface area (Å²) in [7, 11) is 0. The first-order valence-electron chi connectivity index (χ1n) is 10.2. The average Bonchev–Trinajstić information content (AvgIpc) is 3.07. The lowest BCUT2D eigenvalue weighted by Crippen LogP contribution is -2.46. The van der Waals surface area contributed by atoms with Crippen LogP contribution in [0.4, 0.5) is 0 Å². The van der Waals surface area contributed by atoms with Gasteiger partial charge in [0.2, 0.25) is 0 Å². The third-order valence-electron chi connectivity index (χ3n) is 6.43. The van der Waals surface area contributed by atoms with E-state index in [-0.39, 0.29) is 11.7 Å². The number of ether oxygens (including phenoxy) is 2. The molecule has 0 radical (unpaired) electrons. The number of pyridine rings is 1. The summed E-state index contributed by atoms with van der Waals surface area (Å²) in [4.78, 5) is 6.73. The van der Waals surface area contributed by atoms with Gasteiger partial charge in [0.15, 0.2) is 0 Å². The lowest BCUT2D eigenvalue weighted by molar-refractivity contribution is -0.0880. The Morgan fingerprint density at radius 2 is 1.80 bits per heavy atom. The van der Waals surface area contributed by atoms with Crippen LogP contribution >= 0.6 is 0 Å². The largest absolute Gasteiger partial charge is 0.491 e. The van der Waals surface area contributed by atoms with Crippen molar-refractivity contribution in [1.82, 2.24) is 9.88 Å². The molecule has 1 atom stereocenters.